The van der Waals surface area contributed by atoms with Gasteiger partial charge in [-0.2, -0.15) is 0 Å². The predicted octanol–water partition coefficient (Wildman–Crippen LogP) is 3.21. The molecule has 29 heavy (non-hydrogen) atoms. The van der Waals surface area contributed by atoms with Crippen molar-refractivity contribution < 1.29 is 24.2 Å². The highest BCUT2D eigenvalue weighted by atomic mass is 16.5. The van der Waals surface area contributed by atoms with Gasteiger partial charge in [0.2, 0.25) is 5.91 Å². The molecule has 2 amide bonds. The quantitative estimate of drug-likeness (QED) is 0.636. The van der Waals surface area contributed by atoms with Crippen molar-refractivity contribution in [3.63, 3.8) is 0 Å². The average molecular weight is 396 g/mol. The summed E-state index contributed by atoms with van der Waals surface area (Å²) in [6.45, 7) is -0.00363. The monoisotopic (exact) mass is 396 g/mol. The number of carbonyl (C=O) groups is 3. The molecule has 0 bridgehead atoms. The van der Waals surface area contributed by atoms with Crippen LogP contribution in [0.1, 0.15) is 41.6 Å². The highest BCUT2D eigenvalue weighted by Gasteiger charge is 2.22. The van der Waals surface area contributed by atoms with Crippen LogP contribution < -0.4 is 15.4 Å². The van der Waals surface area contributed by atoms with E-state index < -0.39 is 12.6 Å². The molecule has 1 saturated carbocycles. The van der Waals surface area contributed by atoms with Crippen LogP contribution in [0.3, 0.4) is 0 Å². The molecular weight excluding hydrogens is 372 g/mol. The van der Waals surface area contributed by atoms with Gasteiger partial charge in [-0.1, -0.05) is 31.0 Å². The van der Waals surface area contributed by atoms with Crippen LogP contribution in [0.4, 0.5) is 5.69 Å². The normalized spacial score (nSPS) is 13.7. The molecule has 0 aromatic heterocycles. The SMILES string of the molecule is O=C(O)COc1cccc(NC(=O)c2ccc(CNC(=O)C3CCCC3)cc2)c1. The second kappa shape index (κ2) is 9.73. The Labute approximate surface area is 169 Å². The topological polar surface area (TPSA) is 105 Å². The Hall–Kier alpha value is -3.35. The van der Waals surface area contributed by atoms with Crippen LogP contribution in [0.5, 0.6) is 5.75 Å². The fourth-order valence-electron chi connectivity index (χ4n) is 3.31. The molecule has 152 valence electrons. The summed E-state index contributed by atoms with van der Waals surface area (Å²) in [5.41, 5.74) is 1.91. The molecule has 3 rings (SSSR count). The molecule has 3 N–H and O–H groups in total. The molecule has 0 aliphatic heterocycles. The number of carbonyl (C=O) groups excluding carboxylic acids is 2. The Morgan fingerprint density at radius 1 is 1.03 bits per heavy atom. The van der Waals surface area contributed by atoms with Crippen molar-refractivity contribution >= 4 is 23.5 Å². The molecule has 1 aliphatic rings. The number of hydrogen-bond acceptors (Lipinski definition) is 4. The van der Waals surface area contributed by atoms with Crippen LogP contribution >= 0.6 is 0 Å². The number of ether oxygens (including phenoxy) is 1. The number of rotatable bonds is 8. The zero-order valence-electron chi connectivity index (χ0n) is 16.0. The summed E-state index contributed by atoms with van der Waals surface area (Å²) >= 11 is 0. The summed E-state index contributed by atoms with van der Waals surface area (Å²) in [6, 6.07) is 13.6. The van der Waals surface area contributed by atoms with Gasteiger partial charge in [0.15, 0.2) is 6.61 Å². The maximum atomic E-state index is 12.4. The van der Waals surface area contributed by atoms with Crippen molar-refractivity contribution in [2.45, 2.75) is 32.2 Å². The molecule has 0 spiro atoms. The summed E-state index contributed by atoms with van der Waals surface area (Å²) < 4.78 is 5.11. The molecule has 1 aliphatic carbocycles. The van der Waals surface area contributed by atoms with E-state index in [1.807, 2.05) is 12.1 Å². The molecule has 0 radical (unpaired) electrons. The molecule has 0 saturated heterocycles. The van der Waals surface area contributed by atoms with Gasteiger partial charge in [0.05, 0.1) is 0 Å². The lowest BCUT2D eigenvalue weighted by Crippen LogP contribution is -2.28. The minimum atomic E-state index is -1.07. The van der Waals surface area contributed by atoms with E-state index in [4.69, 9.17) is 9.84 Å². The summed E-state index contributed by atoms with van der Waals surface area (Å²) in [7, 11) is 0. The van der Waals surface area contributed by atoms with Gasteiger partial charge < -0.3 is 20.5 Å². The van der Waals surface area contributed by atoms with Gasteiger partial charge in [-0.25, -0.2) is 4.79 Å². The molecule has 7 nitrogen and oxygen atoms in total. The van der Waals surface area contributed by atoms with Crippen molar-refractivity contribution in [3.05, 3.63) is 59.7 Å². The van der Waals surface area contributed by atoms with Crippen molar-refractivity contribution in [1.29, 1.82) is 0 Å². The lowest BCUT2D eigenvalue weighted by atomic mass is 10.1. The largest absolute Gasteiger partial charge is 0.482 e. The third kappa shape index (κ3) is 6.07. The number of carboxylic acids is 1. The van der Waals surface area contributed by atoms with E-state index in [0.717, 1.165) is 31.2 Å². The van der Waals surface area contributed by atoms with Crippen LogP contribution in [0, 0.1) is 5.92 Å². The van der Waals surface area contributed by atoms with Crippen LogP contribution in [0.25, 0.3) is 0 Å². The van der Waals surface area contributed by atoms with Crippen LogP contribution in [-0.4, -0.2) is 29.5 Å². The lowest BCUT2D eigenvalue weighted by Gasteiger charge is -2.11. The van der Waals surface area contributed by atoms with Crippen LogP contribution in [-0.2, 0) is 16.1 Å². The third-order valence-electron chi connectivity index (χ3n) is 4.86. The maximum Gasteiger partial charge on any atom is 0.341 e. The van der Waals surface area contributed by atoms with E-state index in [1.54, 1.807) is 36.4 Å². The Morgan fingerprint density at radius 3 is 2.45 bits per heavy atom. The van der Waals surface area contributed by atoms with Gasteiger partial charge in [-0.15, -0.1) is 0 Å². The Bertz CT molecular complexity index is 873. The fourth-order valence-corrected chi connectivity index (χ4v) is 3.31. The summed E-state index contributed by atoms with van der Waals surface area (Å²) in [5, 5.41) is 14.4. The number of nitrogens with one attached hydrogen (secondary N) is 2. The van der Waals surface area contributed by atoms with Gasteiger partial charge in [-0.3, -0.25) is 9.59 Å². The van der Waals surface area contributed by atoms with Gasteiger partial charge in [0.1, 0.15) is 5.75 Å². The second-order valence-corrected chi connectivity index (χ2v) is 7.06. The van der Waals surface area contributed by atoms with Gasteiger partial charge in [-0.05, 0) is 42.7 Å². The molecule has 0 heterocycles. The number of benzene rings is 2. The predicted molar refractivity (Wildman–Crippen MR) is 108 cm³/mol. The molecule has 1 fully saturated rings. The second-order valence-electron chi connectivity index (χ2n) is 7.06. The van der Waals surface area contributed by atoms with E-state index in [9.17, 15) is 14.4 Å². The number of carboxylic acid groups (broad SMARTS) is 1. The molecule has 0 unspecified atom stereocenters. The number of hydrogen-bond donors (Lipinski definition) is 3. The van der Waals surface area contributed by atoms with Crippen molar-refractivity contribution in [1.82, 2.24) is 5.32 Å². The van der Waals surface area contributed by atoms with E-state index in [-0.39, 0.29) is 17.7 Å². The number of amides is 2. The summed E-state index contributed by atoms with van der Waals surface area (Å²) in [6.07, 6.45) is 4.17. The molecule has 0 atom stereocenters. The minimum absolute atomic E-state index is 0.106. The van der Waals surface area contributed by atoms with Crippen LogP contribution in [0.2, 0.25) is 0 Å². The highest BCUT2D eigenvalue weighted by molar-refractivity contribution is 6.04. The fraction of sp³-hybridized carbons (Fsp3) is 0.318. The van der Waals surface area contributed by atoms with E-state index >= 15 is 0 Å². The number of anilines is 1. The number of aliphatic carboxylic acids is 1. The first kappa shape index (κ1) is 20.4. The van der Waals surface area contributed by atoms with Crippen molar-refractivity contribution in [2.24, 2.45) is 5.92 Å². The average Bonchev–Trinajstić information content (AvgIpc) is 3.26. The van der Waals surface area contributed by atoms with Gasteiger partial charge in [0, 0.05) is 29.8 Å². The van der Waals surface area contributed by atoms with Gasteiger partial charge in [0.25, 0.3) is 5.91 Å². The van der Waals surface area contributed by atoms with Crippen LogP contribution in [0.15, 0.2) is 48.5 Å². The first-order chi connectivity index (χ1) is 14.0. The standard InChI is InChI=1S/C22H24N2O5/c25-20(26)14-29-19-7-3-6-18(12-19)24-22(28)17-10-8-15(9-11-17)13-23-21(27)16-4-1-2-5-16/h3,6-12,16H,1-2,4-5,13-14H2,(H,23,27)(H,24,28)(H,25,26). The van der Waals surface area contributed by atoms with Crippen molar-refractivity contribution in [2.75, 3.05) is 11.9 Å². The molecule has 7 heteroatoms. The Kier molecular flexibility index (Phi) is 6.84. The Balaban J connectivity index is 1.52. The third-order valence-corrected chi connectivity index (χ3v) is 4.86. The zero-order valence-corrected chi connectivity index (χ0v) is 16.0. The Morgan fingerprint density at radius 2 is 1.76 bits per heavy atom. The van der Waals surface area contributed by atoms with Crippen molar-refractivity contribution in [3.8, 4) is 5.75 Å². The first-order valence-corrected chi connectivity index (χ1v) is 9.64. The summed E-state index contributed by atoms with van der Waals surface area (Å²) in [5.74, 6) is -0.760. The van der Waals surface area contributed by atoms with E-state index in [1.165, 1.54) is 0 Å². The van der Waals surface area contributed by atoms with E-state index in [2.05, 4.69) is 10.6 Å². The lowest BCUT2D eigenvalue weighted by molar-refractivity contribution is -0.139. The summed E-state index contributed by atoms with van der Waals surface area (Å²) in [4.78, 5) is 35.1. The minimum Gasteiger partial charge on any atom is -0.482 e. The van der Waals surface area contributed by atoms with E-state index in [0.29, 0.717) is 23.5 Å². The maximum absolute atomic E-state index is 12.4. The molecule has 2 aromatic rings. The molecular formula is C22H24N2O5. The zero-order chi connectivity index (χ0) is 20.6. The highest BCUT2D eigenvalue weighted by Crippen LogP contribution is 2.24. The molecule has 2 aromatic carbocycles. The smallest absolute Gasteiger partial charge is 0.341 e. The first-order valence-electron chi connectivity index (χ1n) is 9.64. The van der Waals surface area contributed by atoms with Gasteiger partial charge >= 0.3 is 5.97 Å².